The minimum absolute atomic E-state index is 0.199. The van der Waals surface area contributed by atoms with Crippen molar-refractivity contribution < 1.29 is 22.7 Å². The van der Waals surface area contributed by atoms with Crippen LogP contribution >= 0.6 is 0 Å². The Morgan fingerprint density at radius 1 is 0.974 bits per heavy atom. The van der Waals surface area contributed by atoms with E-state index in [2.05, 4.69) is 30.7 Å². The van der Waals surface area contributed by atoms with Crippen LogP contribution in [0.2, 0.25) is 0 Å². The second kappa shape index (κ2) is 11.9. The summed E-state index contributed by atoms with van der Waals surface area (Å²) in [6.45, 7) is 9.53. The predicted molar refractivity (Wildman–Crippen MR) is 154 cm³/mol. The molecule has 1 aliphatic carbocycles. The van der Waals surface area contributed by atoms with Crippen LogP contribution in [0.5, 0.6) is 5.75 Å². The van der Waals surface area contributed by atoms with Gasteiger partial charge in [0.25, 0.3) is 0 Å². The van der Waals surface area contributed by atoms with Gasteiger partial charge < -0.3 is 9.47 Å². The highest BCUT2D eigenvalue weighted by atomic mass is 32.2. The molecule has 0 bridgehead atoms. The molecule has 7 heteroatoms. The second-order valence-corrected chi connectivity index (χ2v) is 13.1. The third kappa shape index (κ3) is 7.49. The fourth-order valence-electron chi connectivity index (χ4n) is 4.92. The summed E-state index contributed by atoms with van der Waals surface area (Å²) >= 11 is 0. The topological polar surface area (TPSA) is 81.7 Å². The normalized spacial score (nSPS) is 15.9. The van der Waals surface area contributed by atoms with E-state index in [0.29, 0.717) is 18.1 Å². The maximum absolute atomic E-state index is 13.6. The van der Waals surface area contributed by atoms with Gasteiger partial charge in [0.2, 0.25) is 10.0 Å². The van der Waals surface area contributed by atoms with E-state index >= 15 is 0 Å². The first-order valence-electron chi connectivity index (χ1n) is 13.6. The van der Waals surface area contributed by atoms with E-state index in [9.17, 15) is 13.2 Å². The van der Waals surface area contributed by atoms with Crippen LogP contribution in [-0.4, -0.2) is 26.6 Å². The summed E-state index contributed by atoms with van der Waals surface area (Å²) in [5.74, 6) is 0.535. The quantitative estimate of drug-likeness (QED) is 0.243. The first-order valence-corrected chi connectivity index (χ1v) is 15.1. The van der Waals surface area contributed by atoms with Gasteiger partial charge in [-0.15, -0.1) is 0 Å². The summed E-state index contributed by atoms with van der Waals surface area (Å²) in [6.07, 6.45) is 3.20. The van der Waals surface area contributed by atoms with Crippen LogP contribution in [-0.2, 0) is 26.0 Å². The standard InChI is InChI=1S/C32H39NO5S/c1-22(2)23-11-8-12-24(19-23)25-13-9-14-26(20-25)39(35,36)33-29-17-7-6-15-28-27(29)16-10-18-30(28)37-21-31(34)38-32(3,4)5/h8-14,16,18-20,22,29,33H,6-7,15,17,21H2,1-5H3. The third-order valence-corrected chi connectivity index (χ3v) is 8.28. The van der Waals surface area contributed by atoms with Gasteiger partial charge in [0.05, 0.1) is 4.90 Å². The van der Waals surface area contributed by atoms with Gasteiger partial charge in [-0.3, -0.25) is 0 Å². The van der Waals surface area contributed by atoms with Crippen LogP contribution in [0.4, 0.5) is 0 Å². The Bertz CT molecular complexity index is 1420. The molecule has 6 nitrogen and oxygen atoms in total. The molecule has 0 aromatic heterocycles. The lowest BCUT2D eigenvalue weighted by atomic mass is 9.97. The third-order valence-electron chi connectivity index (χ3n) is 6.81. The maximum atomic E-state index is 13.6. The van der Waals surface area contributed by atoms with E-state index < -0.39 is 27.6 Å². The predicted octanol–water partition coefficient (Wildman–Crippen LogP) is 6.94. The van der Waals surface area contributed by atoms with Crippen LogP contribution in [0.15, 0.2) is 71.6 Å². The smallest absolute Gasteiger partial charge is 0.344 e. The number of hydrogen-bond acceptors (Lipinski definition) is 5. The number of carbonyl (C=O) groups is 1. The summed E-state index contributed by atoms with van der Waals surface area (Å²) in [5.41, 5.74) is 4.29. The largest absolute Gasteiger partial charge is 0.482 e. The van der Waals surface area contributed by atoms with E-state index in [1.54, 1.807) is 18.2 Å². The summed E-state index contributed by atoms with van der Waals surface area (Å²) < 4.78 is 41.4. The zero-order valence-electron chi connectivity index (χ0n) is 23.5. The van der Waals surface area contributed by atoms with Gasteiger partial charge in [-0.2, -0.15) is 0 Å². The second-order valence-electron chi connectivity index (χ2n) is 11.4. The Morgan fingerprint density at radius 2 is 1.67 bits per heavy atom. The van der Waals surface area contributed by atoms with Crippen molar-refractivity contribution in [3.63, 3.8) is 0 Å². The number of benzene rings is 3. The van der Waals surface area contributed by atoms with Crippen LogP contribution in [0.3, 0.4) is 0 Å². The van der Waals surface area contributed by atoms with Crippen molar-refractivity contribution >= 4 is 16.0 Å². The SMILES string of the molecule is CC(C)c1cccc(-c2cccc(S(=O)(=O)NC3CCCCc4c(OCC(=O)OC(C)(C)C)cccc43)c2)c1. The highest BCUT2D eigenvalue weighted by molar-refractivity contribution is 7.89. The van der Waals surface area contributed by atoms with Gasteiger partial charge in [0, 0.05) is 6.04 Å². The van der Waals surface area contributed by atoms with E-state index in [-0.39, 0.29) is 11.5 Å². The number of esters is 1. The minimum Gasteiger partial charge on any atom is -0.482 e. The Kier molecular flexibility index (Phi) is 8.82. The number of nitrogens with one attached hydrogen (secondary N) is 1. The number of hydrogen-bond donors (Lipinski definition) is 1. The van der Waals surface area contributed by atoms with Crippen LogP contribution in [0.1, 0.15) is 82.5 Å². The van der Waals surface area contributed by atoms with Gasteiger partial charge in [-0.1, -0.05) is 68.8 Å². The fourth-order valence-corrected chi connectivity index (χ4v) is 6.22. The Morgan fingerprint density at radius 3 is 2.38 bits per heavy atom. The van der Waals surface area contributed by atoms with E-state index in [0.717, 1.165) is 41.5 Å². The van der Waals surface area contributed by atoms with Crippen molar-refractivity contribution in [2.45, 2.75) is 82.8 Å². The molecule has 0 aliphatic heterocycles. The van der Waals surface area contributed by atoms with Gasteiger partial charge in [0.1, 0.15) is 11.4 Å². The van der Waals surface area contributed by atoms with Crippen molar-refractivity contribution in [2.24, 2.45) is 0 Å². The first kappa shape index (κ1) is 28.8. The molecular weight excluding hydrogens is 510 g/mol. The van der Waals surface area contributed by atoms with Crippen LogP contribution in [0, 0.1) is 0 Å². The number of ether oxygens (including phenoxy) is 2. The molecule has 0 fully saturated rings. The lowest BCUT2D eigenvalue weighted by Gasteiger charge is -2.22. The molecule has 3 aromatic carbocycles. The minimum atomic E-state index is -3.80. The molecular formula is C32H39NO5S. The number of sulfonamides is 1. The molecule has 0 amide bonds. The molecule has 4 rings (SSSR count). The van der Waals surface area contributed by atoms with Crippen LogP contribution < -0.4 is 9.46 Å². The lowest BCUT2D eigenvalue weighted by Crippen LogP contribution is -2.29. The monoisotopic (exact) mass is 549 g/mol. The zero-order chi connectivity index (χ0) is 28.2. The summed E-state index contributed by atoms with van der Waals surface area (Å²) in [7, 11) is -3.80. The molecule has 1 aliphatic rings. The molecule has 0 spiro atoms. The molecule has 0 saturated heterocycles. The van der Waals surface area contributed by atoms with Crippen LogP contribution in [0.25, 0.3) is 11.1 Å². The maximum Gasteiger partial charge on any atom is 0.344 e. The number of rotatable bonds is 8. The van der Waals surface area contributed by atoms with Gasteiger partial charge in [-0.05, 0) is 92.0 Å². The Hall–Kier alpha value is -3.16. The molecule has 0 radical (unpaired) electrons. The van der Waals surface area contributed by atoms with E-state index in [1.807, 2.05) is 57.2 Å². The average Bonchev–Trinajstić information content (AvgIpc) is 3.09. The molecule has 0 saturated carbocycles. The highest BCUT2D eigenvalue weighted by Gasteiger charge is 2.27. The van der Waals surface area contributed by atoms with E-state index in [4.69, 9.17) is 9.47 Å². The molecule has 1 atom stereocenters. The van der Waals surface area contributed by atoms with Crippen molar-refractivity contribution in [1.82, 2.24) is 4.72 Å². The summed E-state index contributed by atoms with van der Waals surface area (Å²) in [4.78, 5) is 12.5. The van der Waals surface area contributed by atoms with Crippen molar-refractivity contribution in [3.05, 3.63) is 83.4 Å². The van der Waals surface area contributed by atoms with Gasteiger partial charge in [0.15, 0.2) is 6.61 Å². The Labute approximate surface area is 232 Å². The number of carbonyl (C=O) groups excluding carboxylic acids is 1. The molecule has 1 unspecified atom stereocenters. The lowest BCUT2D eigenvalue weighted by molar-refractivity contribution is -0.157. The number of fused-ring (bicyclic) bond motifs is 1. The van der Waals surface area contributed by atoms with Crippen molar-refractivity contribution in [2.75, 3.05) is 6.61 Å². The fraction of sp³-hybridized carbons (Fsp3) is 0.406. The molecule has 3 aromatic rings. The summed E-state index contributed by atoms with van der Waals surface area (Å²) in [5, 5.41) is 0. The first-order chi connectivity index (χ1) is 18.4. The van der Waals surface area contributed by atoms with Crippen molar-refractivity contribution in [3.8, 4) is 16.9 Å². The van der Waals surface area contributed by atoms with Gasteiger partial charge in [-0.25, -0.2) is 17.9 Å². The molecule has 39 heavy (non-hydrogen) atoms. The zero-order valence-corrected chi connectivity index (χ0v) is 24.3. The Balaban J connectivity index is 1.57. The van der Waals surface area contributed by atoms with Gasteiger partial charge >= 0.3 is 5.97 Å². The molecule has 208 valence electrons. The van der Waals surface area contributed by atoms with Crippen molar-refractivity contribution in [1.29, 1.82) is 0 Å². The summed E-state index contributed by atoms with van der Waals surface area (Å²) in [6, 6.07) is 20.5. The highest BCUT2D eigenvalue weighted by Crippen LogP contribution is 2.35. The van der Waals surface area contributed by atoms with E-state index in [1.165, 1.54) is 5.56 Å². The molecule has 1 N–H and O–H groups in total. The average molecular weight is 550 g/mol. The molecule has 0 heterocycles.